The van der Waals surface area contributed by atoms with Crippen LogP contribution < -0.4 is 0 Å². The topological polar surface area (TPSA) is 44.0 Å². The largest absolute Gasteiger partial charge is 0.388 e. The van der Waals surface area contributed by atoms with E-state index in [4.69, 9.17) is 0 Å². The Labute approximate surface area is 104 Å². The number of aliphatic hydroxyl groups is 1. The molecule has 0 saturated heterocycles. The van der Waals surface area contributed by atoms with E-state index in [1.165, 1.54) is 32.1 Å². The summed E-state index contributed by atoms with van der Waals surface area (Å²) < 4.78 is 0. The second-order valence-corrected chi connectivity index (χ2v) is 6.61. The zero-order valence-corrected chi connectivity index (χ0v) is 10.6. The van der Waals surface area contributed by atoms with E-state index in [-0.39, 0.29) is 5.41 Å². The Kier molecular flexibility index (Phi) is 2.70. The van der Waals surface area contributed by atoms with Crippen LogP contribution in [0, 0.1) is 28.6 Å². The van der Waals surface area contributed by atoms with E-state index in [0.29, 0.717) is 5.92 Å². The van der Waals surface area contributed by atoms with Crippen molar-refractivity contribution < 1.29 is 5.11 Å². The van der Waals surface area contributed by atoms with Crippen LogP contribution in [0.2, 0.25) is 0 Å². The lowest BCUT2D eigenvalue weighted by Gasteiger charge is -2.45. The summed E-state index contributed by atoms with van der Waals surface area (Å²) >= 11 is 0. The highest BCUT2D eigenvalue weighted by Gasteiger charge is 2.61. The monoisotopic (exact) mass is 233 g/mol. The third-order valence-electron chi connectivity index (χ3n) is 5.81. The van der Waals surface area contributed by atoms with Gasteiger partial charge >= 0.3 is 0 Å². The highest BCUT2D eigenvalue weighted by atomic mass is 16.3. The molecule has 17 heavy (non-hydrogen) atoms. The van der Waals surface area contributed by atoms with Crippen LogP contribution in [0.3, 0.4) is 0 Å². The molecule has 0 aromatic heterocycles. The van der Waals surface area contributed by atoms with Crippen LogP contribution in [0.25, 0.3) is 0 Å². The van der Waals surface area contributed by atoms with Gasteiger partial charge in [0, 0.05) is 0 Å². The van der Waals surface area contributed by atoms with Crippen molar-refractivity contribution in [1.82, 2.24) is 0 Å². The van der Waals surface area contributed by atoms with Gasteiger partial charge in [-0.15, -0.1) is 0 Å². The van der Waals surface area contributed by atoms with E-state index in [2.05, 4.69) is 6.07 Å². The van der Waals surface area contributed by atoms with Gasteiger partial charge in [-0.25, -0.2) is 0 Å². The van der Waals surface area contributed by atoms with Crippen LogP contribution in [0.1, 0.15) is 64.2 Å². The molecule has 2 heteroatoms. The van der Waals surface area contributed by atoms with E-state index in [1.54, 1.807) is 0 Å². The Hall–Kier alpha value is -0.550. The molecule has 1 N–H and O–H groups in total. The molecule has 3 unspecified atom stereocenters. The van der Waals surface area contributed by atoms with Crippen LogP contribution in [0.5, 0.6) is 0 Å². The second kappa shape index (κ2) is 3.99. The number of hydrogen-bond acceptors (Lipinski definition) is 2. The van der Waals surface area contributed by atoms with Crippen LogP contribution in [0.15, 0.2) is 0 Å². The maximum atomic E-state index is 11.1. The quantitative estimate of drug-likeness (QED) is 0.705. The van der Waals surface area contributed by atoms with Gasteiger partial charge in [-0.3, -0.25) is 0 Å². The van der Waals surface area contributed by atoms with Crippen molar-refractivity contribution in [2.75, 3.05) is 0 Å². The predicted octanol–water partition coefficient (Wildman–Crippen LogP) is 3.40. The molecule has 0 aromatic carbocycles. The molecule has 0 heterocycles. The van der Waals surface area contributed by atoms with Gasteiger partial charge in [0.05, 0.1) is 17.1 Å². The average molecular weight is 233 g/mol. The smallest absolute Gasteiger partial charge is 0.0890 e. The first-order chi connectivity index (χ1) is 8.20. The van der Waals surface area contributed by atoms with E-state index in [9.17, 15) is 10.4 Å². The van der Waals surface area contributed by atoms with Crippen LogP contribution in [0.4, 0.5) is 0 Å². The van der Waals surface area contributed by atoms with Gasteiger partial charge in [-0.2, -0.15) is 5.26 Å². The fourth-order valence-corrected chi connectivity index (χ4v) is 4.90. The third kappa shape index (κ3) is 1.55. The number of rotatable bonds is 1. The molecule has 3 aliphatic carbocycles. The number of nitrogens with zero attached hydrogens (tertiary/aromatic N) is 1. The summed E-state index contributed by atoms with van der Waals surface area (Å²) in [5, 5.41) is 20.8. The highest BCUT2D eigenvalue weighted by molar-refractivity contribution is 5.20. The molecule has 0 aromatic rings. The van der Waals surface area contributed by atoms with Crippen LogP contribution in [-0.2, 0) is 0 Å². The Morgan fingerprint density at radius 1 is 1.06 bits per heavy atom. The molecule has 0 radical (unpaired) electrons. The summed E-state index contributed by atoms with van der Waals surface area (Å²) in [5.74, 6) is 1.22. The second-order valence-electron chi connectivity index (χ2n) is 6.61. The Morgan fingerprint density at radius 3 is 2.24 bits per heavy atom. The summed E-state index contributed by atoms with van der Waals surface area (Å²) in [5.41, 5.74) is -1.06. The Bertz CT molecular complexity index is 337. The zero-order valence-electron chi connectivity index (χ0n) is 10.6. The van der Waals surface area contributed by atoms with E-state index >= 15 is 0 Å². The standard InChI is InChI=1S/C15H23NO/c16-11-14(10-12-5-6-13(14)9-12)15(17)7-3-1-2-4-8-15/h12-13,17H,1-10H2. The first kappa shape index (κ1) is 11.5. The molecular weight excluding hydrogens is 210 g/mol. The number of nitriles is 1. The molecule has 0 spiro atoms. The molecule has 0 amide bonds. The molecule has 0 aliphatic heterocycles. The normalized spacial score (nSPS) is 44.2. The van der Waals surface area contributed by atoms with E-state index in [0.717, 1.165) is 38.0 Å². The summed E-state index contributed by atoms with van der Waals surface area (Å²) in [6.45, 7) is 0. The maximum absolute atomic E-state index is 11.1. The van der Waals surface area contributed by atoms with Crippen LogP contribution in [-0.4, -0.2) is 10.7 Å². The predicted molar refractivity (Wildman–Crippen MR) is 66.1 cm³/mol. The molecule has 3 fully saturated rings. The Morgan fingerprint density at radius 2 is 1.76 bits per heavy atom. The maximum Gasteiger partial charge on any atom is 0.0890 e. The van der Waals surface area contributed by atoms with Crippen molar-refractivity contribution >= 4 is 0 Å². The van der Waals surface area contributed by atoms with Crippen molar-refractivity contribution in [2.24, 2.45) is 17.3 Å². The van der Waals surface area contributed by atoms with Gasteiger partial charge in [0.15, 0.2) is 0 Å². The van der Waals surface area contributed by atoms with Gasteiger partial charge in [-0.1, -0.05) is 32.1 Å². The summed E-state index contributed by atoms with van der Waals surface area (Å²) in [6.07, 6.45) is 11.1. The number of fused-ring (bicyclic) bond motifs is 2. The SMILES string of the molecule is N#CC1(C2(O)CCCCCC2)CC2CCC1C2. The van der Waals surface area contributed by atoms with Gasteiger partial charge in [0.25, 0.3) is 0 Å². The van der Waals surface area contributed by atoms with Gasteiger partial charge in [0.2, 0.25) is 0 Å². The molecule has 3 atom stereocenters. The minimum Gasteiger partial charge on any atom is -0.388 e. The van der Waals surface area contributed by atoms with Crippen molar-refractivity contribution in [3.05, 3.63) is 0 Å². The third-order valence-corrected chi connectivity index (χ3v) is 5.81. The lowest BCUT2D eigenvalue weighted by Crippen LogP contribution is -2.50. The van der Waals surface area contributed by atoms with Crippen molar-refractivity contribution in [1.29, 1.82) is 5.26 Å². The van der Waals surface area contributed by atoms with Gasteiger partial charge < -0.3 is 5.11 Å². The first-order valence-corrected chi connectivity index (χ1v) is 7.34. The average Bonchev–Trinajstić information content (AvgIpc) is 2.87. The fraction of sp³-hybridized carbons (Fsp3) is 0.933. The summed E-state index contributed by atoms with van der Waals surface area (Å²) in [4.78, 5) is 0. The van der Waals surface area contributed by atoms with Crippen molar-refractivity contribution in [2.45, 2.75) is 69.8 Å². The Balaban J connectivity index is 1.92. The molecule has 3 saturated carbocycles. The summed E-state index contributed by atoms with van der Waals surface area (Å²) in [7, 11) is 0. The van der Waals surface area contributed by atoms with Crippen molar-refractivity contribution in [3.63, 3.8) is 0 Å². The lowest BCUT2D eigenvalue weighted by molar-refractivity contribution is -0.0922. The lowest BCUT2D eigenvalue weighted by atomic mass is 9.60. The van der Waals surface area contributed by atoms with Crippen molar-refractivity contribution in [3.8, 4) is 6.07 Å². The van der Waals surface area contributed by atoms with E-state index < -0.39 is 5.60 Å². The molecule has 2 bridgehead atoms. The molecule has 3 rings (SSSR count). The molecular formula is C15H23NO. The fourth-order valence-electron chi connectivity index (χ4n) is 4.90. The zero-order chi connectivity index (χ0) is 11.9. The highest BCUT2D eigenvalue weighted by Crippen LogP contribution is 2.62. The van der Waals surface area contributed by atoms with Gasteiger partial charge in [-0.05, 0) is 43.9 Å². The van der Waals surface area contributed by atoms with E-state index in [1.807, 2.05) is 0 Å². The number of hydrogen-bond donors (Lipinski definition) is 1. The summed E-state index contributed by atoms with van der Waals surface area (Å²) in [6, 6.07) is 2.60. The first-order valence-electron chi connectivity index (χ1n) is 7.34. The molecule has 2 nitrogen and oxygen atoms in total. The molecule has 3 aliphatic rings. The van der Waals surface area contributed by atoms with Gasteiger partial charge in [0.1, 0.15) is 0 Å². The minimum absolute atomic E-state index is 0.389. The minimum atomic E-state index is -0.669. The van der Waals surface area contributed by atoms with Crippen LogP contribution >= 0.6 is 0 Å². The molecule has 94 valence electrons.